The summed E-state index contributed by atoms with van der Waals surface area (Å²) in [4.78, 5) is 29.2. The van der Waals surface area contributed by atoms with Crippen LogP contribution >= 0.6 is 0 Å². The summed E-state index contributed by atoms with van der Waals surface area (Å²) in [5, 5.41) is 11.0. The molecule has 0 saturated carbocycles. The van der Waals surface area contributed by atoms with Crippen molar-refractivity contribution in [3.63, 3.8) is 0 Å². The molecule has 3 heterocycles. The van der Waals surface area contributed by atoms with Crippen molar-refractivity contribution in [2.24, 2.45) is 0 Å². The van der Waals surface area contributed by atoms with Gasteiger partial charge in [-0.15, -0.1) is 0 Å². The van der Waals surface area contributed by atoms with Crippen molar-refractivity contribution in [2.45, 2.75) is 30.8 Å². The van der Waals surface area contributed by atoms with Crippen LogP contribution in [0.3, 0.4) is 0 Å². The maximum atomic E-state index is 12.2. The normalized spacial score (nSPS) is 20.2. The van der Waals surface area contributed by atoms with Crippen molar-refractivity contribution >= 4 is 17.5 Å². The Kier molecular flexibility index (Phi) is 4.62. The lowest BCUT2D eigenvalue weighted by Crippen LogP contribution is -2.49. The third kappa shape index (κ3) is 3.15. The molecule has 0 N–H and O–H groups in total. The van der Waals surface area contributed by atoms with Crippen LogP contribution in [-0.4, -0.2) is 42.2 Å². The lowest BCUT2D eigenvalue weighted by molar-refractivity contribution is -0.384. The SMILES string of the molecule is COC(=O)C1CC2(CCN(c3cc([N+](=O)[O-])ccn3)CC2)c2ccccc2O1. The van der Waals surface area contributed by atoms with Crippen LogP contribution in [-0.2, 0) is 14.9 Å². The van der Waals surface area contributed by atoms with Crippen molar-refractivity contribution in [3.8, 4) is 5.75 Å². The van der Waals surface area contributed by atoms with E-state index >= 15 is 0 Å². The lowest BCUT2D eigenvalue weighted by atomic mass is 9.67. The highest BCUT2D eigenvalue weighted by atomic mass is 16.6. The summed E-state index contributed by atoms with van der Waals surface area (Å²) in [5.74, 6) is 0.969. The zero-order valence-corrected chi connectivity index (χ0v) is 15.5. The number of piperidine rings is 1. The molecule has 2 aromatic rings. The van der Waals surface area contributed by atoms with Crippen molar-refractivity contribution in [1.29, 1.82) is 0 Å². The number of hydrogen-bond acceptors (Lipinski definition) is 7. The molecule has 0 radical (unpaired) electrons. The third-order valence-electron chi connectivity index (χ3n) is 5.75. The summed E-state index contributed by atoms with van der Waals surface area (Å²) in [5.41, 5.74) is 0.958. The summed E-state index contributed by atoms with van der Waals surface area (Å²) >= 11 is 0. The minimum Gasteiger partial charge on any atom is -0.478 e. The van der Waals surface area contributed by atoms with Crippen LogP contribution in [0, 0.1) is 10.1 Å². The number of carbonyl (C=O) groups excluding carboxylic acids is 1. The van der Waals surface area contributed by atoms with Crippen molar-refractivity contribution in [3.05, 3.63) is 58.3 Å². The van der Waals surface area contributed by atoms with Gasteiger partial charge in [0.2, 0.25) is 0 Å². The number of benzene rings is 1. The Balaban J connectivity index is 1.59. The van der Waals surface area contributed by atoms with Gasteiger partial charge in [-0.05, 0) is 18.9 Å². The van der Waals surface area contributed by atoms with E-state index in [0.29, 0.717) is 25.3 Å². The highest BCUT2D eigenvalue weighted by molar-refractivity contribution is 5.76. The minimum atomic E-state index is -0.623. The molecule has 146 valence electrons. The summed E-state index contributed by atoms with van der Waals surface area (Å²) < 4.78 is 10.8. The highest BCUT2D eigenvalue weighted by Crippen LogP contribution is 2.48. The van der Waals surface area contributed by atoms with Gasteiger partial charge >= 0.3 is 5.97 Å². The Hall–Kier alpha value is -3.16. The number of pyridine rings is 1. The van der Waals surface area contributed by atoms with E-state index < -0.39 is 11.0 Å². The van der Waals surface area contributed by atoms with Gasteiger partial charge in [-0.25, -0.2) is 9.78 Å². The molecule has 28 heavy (non-hydrogen) atoms. The van der Waals surface area contributed by atoms with Gasteiger partial charge in [0.15, 0.2) is 6.10 Å². The number of rotatable bonds is 3. The topological polar surface area (TPSA) is 94.8 Å². The number of aromatic nitrogens is 1. The quantitative estimate of drug-likeness (QED) is 0.457. The van der Waals surface area contributed by atoms with E-state index in [4.69, 9.17) is 9.47 Å². The summed E-state index contributed by atoms with van der Waals surface area (Å²) in [7, 11) is 1.37. The zero-order valence-electron chi connectivity index (χ0n) is 15.5. The largest absolute Gasteiger partial charge is 0.478 e. The average Bonchev–Trinajstić information content (AvgIpc) is 2.74. The number of nitrogens with zero attached hydrogens (tertiary/aromatic N) is 3. The fourth-order valence-corrected chi connectivity index (χ4v) is 4.26. The van der Waals surface area contributed by atoms with E-state index in [9.17, 15) is 14.9 Å². The van der Waals surface area contributed by atoms with Crippen molar-refractivity contribution in [2.75, 3.05) is 25.1 Å². The van der Waals surface area contributed by atoms with Crippen LogP contribution < -0.4 is 9.64 Å². The maximum absolute atomic E-state index is 12.2. The first-order chi connectivity index (χ1) is 13.5. The van der Waals surface area contributed by atoms with Gasteiger partial charge in [-0.1, -0.05) is 18.2 Å². The van der Waals surface area contributed by atoms with Crippen LogP contribution in [0.25, 0.3) is 0 Å². The van der Waals surface area contributed by atoms with Gasteiger partial charge < -0.3 is 14.4 Å². The van der Waals surface area contributed by atoms with Gasteiger partial charge in [0.25, 0.3) is 5.69 Å². The van der Waals surface area contributed by atoms with E-state index in [1.807, 2.05) is 18.2 Å². The smallest absolute Gasteiger partial charge is 0.347 e. The number of anilines is 1. The molecule has 2 aliphatic heterocycles. The summed E-state index contributed by atoms with van der Waals surface area (Å²) in [6.45, 7) is 1.38. The molecule has 2 aliphatic rings. The molecule has 1 saturated heterocycles. The van der Waals surface area contributed by atoms with Crippen LogP contribution in [0.2, 0.25) is 0 Å². The first kappa shape index (κ1) is 18.2. The first-order valence-corrected chi connectivity index (χ1v) is 9.22. The average molecular weight is 383 g/mol. The number of nitro groups is 1. The van der Waals surface area contributed by atoms with Crippen LogP contribution in [0.15, 0.2) is 42.6 Å². The molecule has 1 atom stereocenters. The Morgan fingerprint density at radius 2 is 2.07 bits per heavy atom. The second-order valence-electron chi connectivity index (χ2n) is 7.23. The Labute approximate surface area is 162 Å². The van der Waals surface area contributed by atoms with E-state index in [-0.39, 0.29) is 17.1 Å². The standard InChI is InChI=1S/C20H21N3O5/c1-27-19(24)17-13-20(15-4-2-3-5-16(15)28-17)7-10-22(11-8-20)18-12-14(23(25)26)6-9-21-18/h2-6,9,12,17H,7-8,10-11,13H2,1H3. The van der Waals surface area contributed by atoms with Crippen LogP contribution in [0.5, 0.6) is 5.75 Å². The molecule has 8 nitrogen and oxygen atoms in total. The van der Waals surface area contributed by atoms with Crippen LogP contribution in [0.4, 0.5) is 11.5 Å². The van der Waals surface area contributed by atoms with E-state index in [1.165, 1.54) is 25.4 Å². The predicted octanol–water partition coefficient (Wildman–Crippen LogP) is 2.85. The molecule has 8 heteroatoms. The number of methoxy groups -OCH3 is 1. The number of fused-ring (bicyclic) bond motifs is 2. The summed E-state index contributed by atoms with van der Waals surface area (Å²) in [6, 6.07) is 10.7. The van der Waals surface area contributed by atoms with E-state index in [1.54, 1.807) is 0 Å². The first-order valence-electron chi connectivity index (χ1n) is 9.22. The van der Waals surface area contributed by atoms with Gasteiger partial charge in [0, 0.05) is 42.8 Å². The zero-order chi connectivity index (χ0) is 19.7. The Morgan fingerprint density at radius 3 is 2.79 bits per heavy atom. The molecule has 0 amide bonds. The van der Waals surface area contributed by atoms with Gasteiger partial charge in [-0.3, -0.25) is 10.1 Å². The predicted molar refractivity (Wildman–Crippen MR) is 102 cm³/mol. The number of esters is 1. The maximum Gasteiger partial charge on any atom is 0.347 e. The van der Waals surface area contributed by atoms with Crippen LogP contribution in [0.1, 0.15) is 24.8 Å². The van der Waals surface area contributed by atoms with Gasteiger partial charge in [0.05, 0.1) is 18.1 Å². The van der Waals surface area contributed by atoms with Gasteiger partial charge in [-0.2, -0.15) is 0 Å². The summed E-state index contributed by atoms with van der Waals surface area (Å²) in [6.07, 6.45) is 3.00. The van der Waals surface area contributed by atoms with E-state index in [2.05, 4.69) is 16.0 Å². The van der Waals surface area contributed by atoms with Crippen molar-refractivity contribution < 1.29 is 19.2 Å². The minimum absolute atomic E-state index is 0.0347. The molecule has 4 rings (SSSR count). The number of hydrogen-bond donors (Lipinski definition) is 0. The molecule has 1 unspecified atom stereocenters. The number of ether oxygens (including phenoxy) is 2. The molecule has 0 aliphatic carbocycles. The monoisotopic (exact) mass is 383 g/mol. The highest BCUT2D eigenvalue weighted by Gasteiger charge is 2.46. The second kappa shape index (κ2) is 7.10. The molecular formula is C20H21N3O5. The van der Waals surface area contributed by atoms with Crippen molar-refractivity contribution in [1.82, 2.24) is 4.98 Å². The molecule has 1 aromatic heterocycles. The molecule has 1 spiro atoms. The Bertz CT molecular complexity index is 908. The second-order valence-corrected chi connectivity index (χ2v) is 7.23. The third-order valence-corrected chi connectivity index (χ3v) is 5.75. The molecule has 0 bridgehead atoms. The number of carbonyl (C=O) groups is 1. The fraction of sp³-hybridized carbons (Fsp3) is 0.400. The molecule has 1 fully saturated rings. The fourth-order valence-electron chi connectivity index (χ4n) is 4.26. The lowest BCUT2D eigenvalue weighted by Gasteiger charge is -2.46. The molecular weight excluding hydrogens is 362 g/mol. The molecule has 1 aromatic carbocycles. The van der Waals surface area contributed by atoms with E-state index in [0.717, 1.165) is 24.2 Å². The number of para-hydroxylation sites is 1. The Morgan fingerprint density at radius 1 is 1.32 bits per heavy atom. The van der Waals surface area contributed by atoms with Gasteiger partial charge in [0.1, 0.15) is 11.6 Å².